The molecule has 0 fully saturated rings. The van der Waals surface area contributed by atoms with E-state index in [9.17, 15) is 4.79 Å². The number of amides is 1. The molecule has 6 heteroatoms. The van der Waals surface area contributed by atoms with Crippen LogP contribution in [0.1, 0.15) is 6.92 Å². The van der Waals surface area contributed by atoms with E-state index in [0.29, 0.717) is 12.5 Å². The maximum absolute atomic E-state index is 11.9. The topological polar surface area (TPSA) is 64.2 Å². The molecule has 0 saturated heterocycles. The van der Waals surface area contributed by atoms with Gasteiger partial charge in [0.05, 0.1) is 17.1 Å². The SMILES string of the molecule is C[C@H](N)C(=O)N1CCn2c1nc1ccccc12.Cl. The number of carbonyl (C=O) groups excluding carboxylic acids is 1. The van der Waals surface area contributed by atoms with Crippen LogP contribution in [-0.4, -0.2) is 28.0 Å². The lowest BCUT2D eigenvalue weighted by Gasteiger charge is -2.15. The zero-order chi connectivity index (χ0) is 12.0. The smallest absolute Gasteiger partial charge is 0.245 e. The van der Waals surface area contributed by atoms with Gasteiger partial charge in [0.1, 0.15) is 0 Å². The van der Waals surface area contributed by atoms with Crippen LogP contribution in [0.3, 0.4) is 0 Å². The monoisotopic (exact) mass is 266 g/mol. The average Bonchev–Trinajstić information content (AvgIpc) is 2.86. The maximum Gasteiger partial charge on any atom is 0.245 e. The molecule has 1 aromatic heterocycles. The summed E-state index contributed by atoms with van der Waals surface area (Å²) in [5, 5.41) is 0. The highest BCUT2D eigenvalue weighted by atomic mass is 35.5. The van der Waals surface area contributed by atoms with Crippen LogP contribution in [0, 0.1) is 0 Å². The molecule has 18 heavy (non-hydrogen) atoms. The number of aromatic nitrogens is 2. The Balaban J connectivity index is 0.00000120. The highest BCUT2D eigenvalue weighted by Crippen LogP contribution is 2.27. The second-order valence-electron chi connectivity index (χ2n) is 4.33. The van der Waals surface area contributed by atoms with Gasteiger partial charge in [0.2, 0.25) is 11.9 Å². The van der Waals surface area contributed by atoms with Gasteiger partial charge in [0, 0.05) is 13.1 Å². The Hall–Kier alpha value is -1.59. The van der Waals surface area contributed by atoms with Gasteiger partial charge in [0.25, 0.3) is 0 Å². The number of hydrogen-bond acceptors (Lipinski definition) is 3. The standard InChI is InChI=1S/C12H14N4O.ClH/c1-8(13)11(17)16-7-6-15-10-5-3-2-4-9(10)14-12(15)16;/h2-5,8H,6-7,13H2,1H3;1H/t8-;/m0./s1. The number of anilines is 1. The quantitative estimate of drug-likeness (QED) is 0.842. The lowest BCUT2D eigenvalue weighted by atomic mass is 10.3. The summed E-state index contributed by atoms with van der Waals surface area (Å²) in [6, 6.07) is 7.41. The van der Waals surface area contributed by atoms with E-state index in [0.717, 1.165) is 17.6 Å². The van der Waals surface area contributed by atoms with Gasteiger partial charge in [-0.15, -0.1) is 12.4 Å². The van der Waals surface area contributed by atoms with Crippen molar-refractivity contribution in [2.45, 2.75) is 19.5 Å². The third kappa shape index (κ3) is 1.76. The Morgan fingerprint density at radius 2 is 2.11 bits per heavy atom. The van der Waals surface area contributed by atoms with Crippen LogP contribution in [-0.2, 0) is 11.3 Å². The lowest BCUT2D eigenvalue weighted by Crippen LogP contribution is -2.41. The first-order valence-electron chi connectivity index (χ1n) is 5.70. The summed E-state index contributed by atoms with van der Waals surface area (Å²) in [6.07, 6.45) is 0. The van der Waals surface area contributed by atoms with Crippen molar-refractivity contribution in [3.63, 3.8) is 0 Å². The predicted molar refractivity (Wildman–Crippen MR) is 73.0 cm³/mol. The summed E-state index contributed by atoms with van der Waals surface area (Å²) in [6.45, 7) is 3.15. The molecule has 2 heterocycles. The van der Waals surface area contributed by atoms with E-state index in [-0.39, 0.29) is 18.3 Å². The fourth-order valence-electron chi connectivity index (χ4n) is 2.24. The summed E-state index contributed by atoms with van der Waals surface area (Å²) < 4.78 is 2.07. The molecule has 0 bridgehead atoms. The Bertz CT molecular complexity index is 593. The lowest BCUT2D eigenvalue weighted by molar-refractivity contribution is -0.119. The van der Waals surface area contributed by atoms with E-state index in [4.69, 9.17) is 5.73 Å². The third-order valence-corrected chi connectivity index (χ3v) is 3.08. The van der Waals surface area contributed by atoms with Crippen LogP contribution in [0.4, 0.5) is 5.95 Å². The number of halogens is 1. The van der Waals surface area contributed by atoms with Crippen LogP contribution in [0.25, 0.3) is 11.0 Å². The summed E-state index contributed by atoms with van der Waals surface area (Å²) >= 11 is 0. The molecular formula is C12H15ClN4O. The molecule has 5 nitrogen and oxygen atoms in total. The van der Waals surface area contributed by atoms with E-state index < -0.39 is 6.04 Å². The Morgan fingerprint density at radius 1 is 1.39 bits per heavy atom. The largest absolute Gasteiger partial charge is 0.320 e. The molecule has 1 aliphatic heterocycles. The first kappa shape index (κ1) is 12.9. The Morgan fingerprint density at radius 3 is 2.83 bits per heavy atom. The van der Waals surface area contributed by atoms with E-state index in [1.165, 1.54) is 0 Å². The van der Waals surface area contributed by atoms with E-state index in [1.54, 1.807) is 11.8 Å². The molecule has 2 N–H and O–H groups in total. The Labute approximate surface area is 111 Å². The van der Waals surface area contributed by atoms with Crippen LogP contribution in [0.15, 0.2) is 24.3 Å². The van der Waals surface area contributed by atoms with Gasteiger partial charge in [-0.05, 0) is 19.1 Å². The molecule has 2 aromatic rings. The minimum absolute atomic E-state index is 0. The maximum atomic E-state index is 11.9. The molecule has 0 aliphatic carbocycles. The van der Waals surface area contributed by atoms with Crippen molar-refractivity contribution in [1.29, 1.82) is 0 Å². The minimum atomic E-state index is -0.485. The van der Waals surface area contributed by atoms with E-state index >= 15 is 0 Å². The summed E-state index contributed by atoms with van der Waals surface area (Å²) in [4.78, 5) is 18.1. The van der Waals surface area contributed by atoms with Gasteiger partial charge in [-0.2, -0.15) is 0 Å². The second kappa shape index (κ2) is 4.59. The van der Waals surface area contributed by atoms with Crippen LogP contribution < -0.4 is 10.6 Å². The van der Waals surface area contributed by atoms with Crippen LogP contribution in [0.5, 0.6) is 0 Å². The van der Waals surface area contributed by atoms with Gasteiger partial charge in [-0.25, -0.2) is 4.98 Å². The molecule has 1 amide bonds. The van der Waals surface area contributed by atoms with Gasteiger partial charge in [-0.1, -0.05) is 12.1 Å². The second-order valence-corrected chi connectivity index (χ2v) is 4.33. The number of imidazole rings is 1. The van der Waals surface area contributed by atoms with Crippen molar-refractivity contribution in [2.75, 3.05) is 11.4 Å². The van der Waals surface area contributed by atoms with E-state index in [2.05, 4.69) is 9.55 Å². The van der Waals surface area contributed by atoms with Gasteiger partial charge in [-0.3, -0.25) is 9.69 Å². The summed E-state index contributed by atoms with van der Waals surface area (Å²) in [7, 11) is 0. The molecule has 3 rings (SSSR count). The number of nitrogens with two attached hydrogens (primary N) is 1. The molecular weight excluding hydrogens is 252 g/mol. The molecule has 0 radical (unpaired) electrons. The van der Waals surface area contributed by atoms with E-state index in [1.807, 2.05) is 24.3 Å². The van der Waals surface area contributed by atoms with Crippen LogP contribution >= 0.6 is 12.4 Å². The molecule has 1 aromatic carbocycles. The van der Waals surface area contributed by atoms with Gasteiger partial charge >= 0.3 is 0 Å². The third-order valence-electron chi connectivity index (χ3n) is 3.08. The Kier molecular flexibility index (Phi) is 3.28. The molecule has 0 spiro atoms. The first-order valence-corrected chi connectivity index (χ1v) is 5.70. The number of hydrogen-bond donors (Lipinski definition) is 1. The molecule has 0 unspecified atom stereocenters. The number of rotatable bonds is 1. The van der Waals surface area contributed by atoms with Gasteiger partial charge in [0.15, 0.2) is 0 Å². The average molecular weight is 267 g/mol. The summed E-state index contributed by atoms with van der Waals surface area (Å²) in [5.74, 6) is 0.646. The highest BCUT2D eigenvalue weighted by molar-refractivity contribution is 5.97. The zero-order valence-electron chi connectivity index (χ0n) is 10.0. The number of carbonyl (C=O) groups is 1. The number of fused-ring (bicyclic) bond motifs is 3. The predicted octanol–water partition coefficient (Wildman–Crippen LogP) is 1.15. The normalized spacial score (nSPS) is 15.3. The van der Waals surface area contributed by atoms with Crippen molar-refractivity contribution in [3.8, 4) is 0 Å². The van der Waals surface area contributed by atoms with Crippen molar-refractivity contribution in [1.82, 2.24) is 9.55 Å². The zero-order valence-corrected chi connectivity index (χ0v) is 10.9. The molecule has 0 saturated carbocycles. The number of para-hydroxylation sites is 2. The number of benzene rings is 1. The van der Waals surface area contributed by atoms with Crippen molar-refractivity contribution >= 4 is 35.3 Å². The van der Waals surface area contributed by atoms with Gasteiger partial charge < -0.3 is 10.3 Å². The van der Waals surface area contributed by atoms with Crippen molar-refractivity contribution < 1.29 is 4.79 Å². The molecule has 1 aliphatic rings. The number of nitrogens with zero attached hydrogens (tertiary/aromatic N) is 3. The molecule has 1 atom stereocenters. The van der Waals surface area contributed by atoms with Crippen molar-refractivity contribution in [3.05, 3.63) is 24.3 Å². The van der Waals surface area contributed by atoms with Crippen molar-refractivity contribution in [2.24, 2.45) is 5.73 Å². The first-order chi connectivity index (χ1) is 8.18. The van der Waals surface area contributed by atoms with Crippen LogP contribution in [0.2, 0.25) is 0 Å². The minimum Gasteiger partial charge on any atom is -0.320 e. The fourth-order valence-corrected chi connectivity index (χ4v) is 2.24. The fraction of sp³-hybridized carbons (Fsp3) is 0.333. The molecule has 96 valence electrons. The highest BCUT2D eigenvalue weighted by Gasteiger charge is 2.29. The summed E-state index contributed by atoms with van der Waals surface area (Å²) in [5.41, 5.74) is 7.63.